The predicted octanol–water partition coefficient (Wildman–Crippen LogP) is 2.69. The number of hydrogen-bond acceptors (Lipinski definition) is 6. The predicted molar refractivity (Wildman–Crippen MR) is 80.5 cm³/mol. The Labute approximate surface area is 130 Å². The molecule has 1 aromatic heterocycles. The summed E-state index contributed by atoms with van der Waals surface area (Å²) < 4.78 is 31.5. The van der Waals surface area contributed by atoms with E-state index in [1.807, 2.05) is 0 Å². The van der Waals surface area contributed by atoms with Gasteiger partial charge in [-0.25, -0.2) is 18.2 Å². The molecule has 2 rings (SSSR count). The third-order valence-electron chi connectivity index (χ3n) is 2.62. The van der Waals surface area contributed by atoms with Crippen LogP contribution in [0.2, 0.25) is 5.02 Å². The van der Waals surface area contributed by atoms with E-state index < -0.39 is 16.0 Å². The Balaban J connectivity index is 2.45. The number of carbonyl (C=O) groups is 1. The van der Waals surface area contributed by atoms with Crippen LogP contribution in [0, 0.1) is 6.92 Å². The topological polar surface area (TPSA) is 85.4 Å². The van der Waals surface area contributed by atoms with Crippen molar-refractivity contribution in [3.63, 3.8) is 0 Å². The first-order valence-corrected chi connectivity index (χ1v) is 8.40. The number of anilines is 1. The lowest BCUT2D eigenvalue weighted by Crippen LogP contribution is -2.17. The minimum absolute atomic E-state index is 0.214. The number of ether oxygens (including phenoxy) is 1. The van der Waals surface area contributed by atoms with Crippen molar-refractivity contribution in [2.75, 3.05) is 11.8 Å². The average molecular weight is 347 g/mol. The van der Waals surface area contributed by atoms with Crippen LogP contribution in [0.4, 0.5) is 5.69 Å². The zero-order valence-electron chi connectivity index (χ0n) is 11.1. The molecule has 0 aliphatic heterocycles. The van der Waals surface area contributed by atoms with Gasteiger partial charge >= 0.3 is 5.97 Å². The number of nitrogens with one attached hydrogen (secondary N) is 1. The molecule has 0 amide bonds. The summed E-state index contributed by atoms with van der Waals surface area (Å²) in [6, 6.07) is 5.00. The monoisotopic (exact) mass is 346 g/mol. The number of esters is 1. The van der Waals surface area contributed by atoms with Crippen LogP contribution in [0.15, 0.2) is 27.9 Å². The van der Waals surface area contributed by atoms with Gasteiger partial charge in [0, 0.05) is 0 Å². The highest BCUT2D eigenvalue weighted by molar-refractivity contribution is 7.94. The van der Waals surface area contributed by atoms with Gasteiger partial charge in [-0.05, 0) is 18.6 Å². The Kier molecular flexibility index (Phi) is 4.50. The molecule has 0 unspecified atom stereocenters. The fourth-order valence-corrected chi connectivity index (χ4v) is 4.21. The van der Waals surface area contributed by atoms with Gasteiger partial charge in [-0.1, -0.05) is 23.7 Å². The Bertz CT molecular complexity index is 766. The summed E-state index contributed by atoms with van der Waals surface area (Å²) in [4.78, 5) is 15.3. The quantitative estimate of drug-likeness (QED) is 0.860. The maximum Gasteiger partial charge on any atom is 0.358 e. The second kappa shape index (κ2) is 6.00. The largest absolute Gasteiger partial charge is 0.464 e. The molecule has 0 aliphatic rings. The molecule has 0 saturated carbocycles. The Morgan fingerprint density at radius 3 is 2.76 bits per heavy atom. The minimum atomic E-state index is -3.98. The van der Waals surface area contributed by atoms with Crippen LogP contribution in [-0.2, 0) is 14.8 Å². The zero-order valence-corrected chi connectivity index (χ0v) is 13.5. The molecule has 0 aliphatic carbocycles. The van der Waals surface area contributed by atoms with Gasteiger partial charge in [0.2, 0.25) is 0 Å². The molecule has 0 fully saturated rings. The van der Waals surface area contributed by atoms with Crippen molar-refractivity contribution >= 4 is 44.6 Å². The molecule has 0 spiro atoms. The number of rotatable bonds is 4. The molecule has 9 heteroatoms. The number of halogens is 1. The Morgan fingerprint density at radius 1 is 1.43 bits per heavy atom. The number of thiazole rings is 1. The first-order valence-electron chi connectivity index (χ1n) is 5.66. The molecule has 1 heterocycles. The highest BCUT2D eigenvalue weighted by atomic mass is 35.5. The van der Waals surface area contributed by atoms with Crippen LogP contribution in [-0.4, -0.2) is 26.5 Å². The number of nitrogens with zero attached hydrogens (tertiary/aromatic N) is 1. The lowest BCUT2D eigenvalue weighted by atomic mass is 10.2. The van der Waals surface area contributed by atoms with Crippen LogP contribution in [0.3, 0.4) is 0 Å². The summed E-state index contributed by atoms with van der Waals surface area (Å²) in [5, 5.41) is 0.266. The summed E-state index contributed by atoms with van der Waals surface area (Å²) in [5.74, 6) is -0.812. The van der Waals surface area contributed by atoms with E-state index >= 15 is 0 Å². The van der Waals surface area contributed by atoms with Crippen LogP contribution >= 0.6 is 22.9 Å². The van der Waals surface area contributed by atoms with E-state index in [0.29, 0.717) is 5.56 Å². The minimum Gasteiger partial charge on any atom is -0.464 e. The fraction of sp³-hybridized carbons (Fsp3) is 0.167. The van der Waals surface area contributed by atoms with Crippen molar-refractivity contribution in [3.05, 3.63) is 40.0 Å². The van der Waals surface area contributed by atoms with E-state index in [1.165, 1.54) is 5.51 Å². The van der Waals surface area contributed by atoms with Crippen molar-refractivity contribution in [2.24, 2.45) is 0 Å². The third kappa shape index (κ3) is 3.17. The number of aromatic nitrogens is 1. The number of carbonyl (C=O) groups excluding carboxylic acids is 1. The van der Waals surface area contributed by atoms with Gasteiger partial charge in [0.05, 0.1) is 23.3 Å². The first kappa shape index (κ1) is 15.7. The lowest BCUT2D eigenvalue weighted by molar-refractivity contribution is 0.0590. The van der Waals surface area contributed by atoms with Crippen molar-refractivity contribution in [1.29, 1.82) is 0 Å². The summed E-state index contributed by atoms with van der Waals surface area (Å²) in [6.07, 6.45) is 0. The number of benzene rings is 1. The molecule has 112 valence electrons. The Morgan fingerprint density at radius 2 is 2.14 bits per heavy atom. The molecule has 0 radical (unpaired) electrons. The number of aryl methyl sites for hydroxylation is 1. The lowest BCUT2D eigenvalue weighted by Gasteiger charge is -2.11. The summed E-state index contributed by atoms with van der Waals surface area (Å²) in [7, 11) is -2.82. The highest BCUT2D eigenvalue weighted by Crippen LogP contribution is 2.30. The van der Waals surface area contributed by atoms with Gasteiger partial charge in [-0.2, -0.15) is 0 Å². The van der Waals surface area contributed by atoms with Crippen LogP contribution in [0.1, 0.15) is 16.1 Å². The summed E-state index contributed by atoms with van der Waals surface area (Å²) in [6.45, 7) is 1.72. The van der Waals surface area contributed by atoms with E-state index in [2.05, 4.69) is 14.4 Å². The summed E-state index contributed by atoms with van der Waals surface area (Å²) in [5.41, 5.74) is 1.94. The molecule has 2 aromatic rings. The van der Waals surface area contributed by atoms with Gasteiger partial charge in [0.25, 0.3) is 10.0 Å². The molecular formula is C12H11ClN2O4S2. The van der Waals surface area contributed by atoms with Crippen LogP contribution in [0.25, 0.3) is 0 Å². The third-order valence-corrected chi connectivity index (χ3v) is 5.65. The van der Waals surface area contributed by atoms with E-state index in [9.17, 15) is 13.2 Å². The zero-order chi connectivity index (χ0) is 15.6. The van der Waals surface area contributed by atoms with Gasteiger partial charge in [0.15, 0.2) is 9.90 Å². The molecule has 6 nitrogen and oxygen atoms in total. The van der Waals surface area contributed by atoms with Gasteiger partial charge in [-0.15, -0.1) is 11.3 Å². The van der Waals surface area contributed by atoms with Gasteiger partial charge < -0.3 is 4.74 Å². The number of para-hydroxylation sites is 1. The van der Waals surface area contributed by atoms with Crippen molar-refractivity contribution in [2.45, 2.75) is 11.1 Å². The molecule has 1 N–H and O–H groups in total. The molecular weight excluding hydrogens is 336 g/mol. The normalized spacial score (nSPS) is 11.2. The van der Waals surface area contributed by atoms with Crippen molar-refractivity contribution in [3.8, 4) is 0 Å². The van der Waals surface area contributed by atoms with Crippen LogP contribution < -0.4 is 4.72 Å². The second-order valence-electron chi connectivity index (χ2n) is 4.02. The van der Waals surface area contributed by atoms with Gasteiger partial charge in [0.1, 0.15) is 0 Å². The SMILES string of the molecule is COC(=O)c1ncsc1S(=O)(=O)Nc1c(C)cccc1Cl. The maximum atomic E-state index is 12.4. The molecule has 0 saturated heterocycles. The molecule has 1 aromatic carbocycles. The van der Waals surface area contributed by atoms with Crippen molar-refractivity contribution < 1.29 is 17.9 Å². The molecule has 0 atom stereocenters. The van der Waals surface area contributed by atoms with Gasteiger partial charge in [-0.3, -0.25) is 4.72 Å². The van der Waals surface area contributed by atoms with E-state index in [-0.39, 0.29) is 20.6 Å². The molecule has 21 heavy (non-hydrogen) atoms. The molecule has 0 bridgehead atoms. The second-order valence-corrected chi connectivity index (χ2v) is 7.16. The standard InChI is InChI=1S/C12H11ClN2O4S2/c1-7-4-3-5-8(13)9(7)15-21(17,18)12-10(11(16)19-2)14-6-20-12/h3-6,15H,1-2H3. The van der Waals surface area contributed by atoms with Crippen LogP contribution in [0.5, 0.6) is 0 Å². The average Bonchev–Trinajstić information content (AvgIpc) is 2.92. The van der Waals surface area contributed by atoms with E-state index in [1.54, 1.807) is 25.1 Å². The number of methoxy groups -OCH3 is 1. The first-order chi connectivity index (χ1) is 9.86. The number of hydrogen-bond donors (Lipinski definition) is 1. The van der Waals surface area contributed by atoms with Crippen molar-refractivity contribution in [1.82, 2.24) is 4.98 Å². The van der Waals surface area contributed by atoms with E-state index in [4.69, 9.17) is 11.6 Å². The fourth-order valence-electron chi connectivity index (χ4n) is 1.60. The Hall–Kier alpha value is -1.64. The highest BCUT2D eigenvalue weighted by Gasteiger charge is 2.27. The number of sulfonamides is 1. The maximum absolute atomic E-state index is 12.4. The van der Waals surface area contributed by atoms with E-state index in [0.717, 1.165) is 18.4 Å². The summed E-state index contributed by atoms with van der Waals surface area (Å²) >= 11 is 6.82. The smallest absolute Gasteiger partial charge is 0.358 e.